The van der Waals surface area contributed by atoms with Crippen molar-refractivity contribution in [3.05, 3.63) is 45.9 Å². The summed E-state index contributed by atoms with van der Waals surface area (Å²) in [7, 11) is -1.91. The number of nitrogens with zero attached hydrogens (tertiary/aromatic N) is 2. The van der Waals surface area contributed by atoms with Crippen LogP contribution in [0.5, 0.6) is 0 Å². The molecule has 1 aromatic heterocycles. The van der Waals surface area contributed by atoms with E-state index in [1.54, 1.807) is 36.8 Å². The maximum Gasteiger partial charge on any atom is 0.243 e. The van der Waals surface area contributed by atoms with Crippen LogP contribution in [0.4, 0.5) is 0 Å². The zero-order valence-corrected chi connectivity index (χ0v) is 13.0. The molecule has 0 saturated heterocycles. The summed E-state index contributed by atoms with van der Waals surface area (Å²) in [6.45, 7) is 2.61. The maximum absolute atomic E-state index is 12.4. The predicted octanol–water partition coefficient (Wildman–Crippen LogP) is 1.73. The SMILES string of the molecule is Cc1ncsc1CN(C)S(=O)(=O)c1ccc(CN)cc1. The van der Waals surface area contributed by atoms with Gasteiger partial charge in [-0.05, 0) is 24.6 Å². The Balaban J connectivity index is 2.22. The van der Waals surface area contributed by atoms with Crippen LogP contribution in [0.2, 0.25) is 0 Å². The molecule has 1 aromatic carbocycles. The van der Waals surface area contributed by atoms with Crippen LogP contribution < -0.4 is 5.73 Å². The van der Waals surface area contributed by atoms with Crippen molar-refractivity contribution in [2.24, 2.45) is 5.73 Å². The first-order chi connectivity index (χ1) is 9.45. The lowest BCUT2D eigenvalue weighted by Gasteiger charge is -2.16. The Morgan fingerprint density at radius 3 is 2.45 bits per heavy atom. The normalized spacial score (nSPS) is 12.0. The van der Waals surface area contributed by atoms with E-state index in [9.17, 15) is 8.42 Å². The summed E-state index contributed by atoms with van der Waals surface area (Å²) < 4.78 is 26.2. The molecule has 0 spiro atoms. The molecular weight excluding hydrogens is 294 g/mol. The van der Waals surface area contributed by atoms with Gasteiger partial charge in [-0.15, -0.1) is 11.3 Å². The van der Waals surface area contributed by atoms with Gasteiger partial charge in [-0.1, -0.05) is 12.1 Å². The Bertz CT molecular complexity index is 678. The fraction of sp³-hybridized carbons (Fsp3) is 0.308. The van der Waals surface area contributed by atoms with E-state index >= 15 is 0 Å². The lowest BCUT2D eigenvalue weighted by atomic mass is 10.2. The standard InChI is InChI=1S/C13H17N3O2S2/c1-10-13(19-9-15-10)8-16(2)20(17,18)12-5-3-11(7-14)4-6-12/h3-6,9H,7-8,14H2,1-2H3. The number of rotatable bonds is 5. The van der Waals surface area contributed by atoms with E-state index < -0.39 is 10.0 Å². The molecule has 0 aliphatic heterocycles. The van der Waals surface area contributed by atoms with Crippen molar-refractivity contribution in [2.75, 3.05) is 7.05 Å². The molecule has 7 heteroatoms. The molecular formula is C13H17N3O2S2. The van der Waals surface area contributed by atoms with E-state index in [0.717, 1.165) is 16.1 Å². The predicted molar refractivity (Wildman–Crippen MR) is 79.8 cm³/mol. The van der Waals surface area contributed by atoms with Gasteiger partial charge in [0.2, 0.25) is 10.0 Å². The number of nitrogens with two attached hydrogens (primary N) is 1. The molecule has 0 bridgehead atoms. The summed E-state index contributed by atoms with van der Waals surface area (Å²) in [6, 6.07) is 6.65. The van der Waals surface area contributed by atoms with E-state index in [-0.39, 0.29) is 4.90 Å². The highest BCUT2D eigenvalue weighted by molar-refractivity contribution is 7.89. The molecule has 1 heterocycles. The monoisotopic (exact) mass is 311 g/mol. The molecule has 2 aromatic rings. The number of sulfonamides is 1. The highest BCUT2D eigenvalue weighted by Crippen LogP contribution is 2.20. The molecule has 0 unspecified atom stereocenters. The molecule has 0 amide bonds. The summed E-state index contributed by atoms with van der Waals surface area (Å²) in [5.74, 6) is 0. The number of aryl methyl sites for hydroxylation is 1. The molecule has 0 radical (unpaired) electrons. The topological polar surface area (TPSA) is 76.3 Å². The van der Waals surface area contributed by atoms with Crippen molar-refractivity contribution in [1.82, 2.24) is 9.29 Å². The van der Waals surface area contributed by atoms with Crippen molar-refractivity contribution >= 4 is 21.4 Å². The second kappa shape index (κ2) is 6.01. The van der Waals surface area contributed by atoms with Gasteiger partial charge in [0.15, 0.2) is 0 Å². The molecule has 0 aliphatic rings. The molecule has 2 N–H and O–H groups in total. The average molecular weight is 311 g/mol. The van der Waals surface area contributed by atoms with E-state index in [1.165, 1.54) is 15.6 Å². The van der Waals surface area contributed by atoms with Crippen LogP contribution in [0.15, 0.2) is 34.7 Å². The third-order valence-electron chi connectivity index (χ3n) is 3.08. The van der Waals surface area contributed by atoms with Gasteiger partial charge in [0.25, 0.3) is 0 Å². The molecule has 0 fully saturated rings. The fourth-order valence-electron chi connectivity index (χ4n) is 1.74. The summed E-state index contributed by atoms with van der Waals surface area (Å²) in [5.41, 5.74) is 9.01. The number of benzene rings is 1. The van der Waals surface area contributed by atoms with Crippen molar-refractivity contribution in [3.63, 3.8) is 0 Å². The Morgan fingerprint density at radius 1 is 1.30 bits per heavy atom. The first kappa shape index (κ1) is 15.1. The van der Waals surface area contributed by atoms with Crippen molar-refractivity contribution in [2.45, 2.75) is 24.9 Å². The van der Waals surface area contributed by atoms with E-state index in [0.29, 0.717) is 13.1 Å². The molecule has 0 saturated carbocycles. The number of hydrogen-bond donors (Lipinski definition) is 1. The second-order valence-corrected chi connectivity index (χ2v) is 7.45. The Morgan fingerprint density at radius 2 is 1.95 bits per heavy atom. The van der Waals surface area contributed by atoms with Crippen LogP contribution in [0.3, 0.4) is 0 Å². The Hall–Kier alpha value is -1.28. The number of thiazole rings is 1. The number of hydrogen-bond acceptors (Lipinski definition) is 5. The van der Waals surface area contributed by atoms with Crippen molar-refractivity contribution < 1.29 is 8.42 Å². The molecule has 108 valence electrons. The van der Waals surface area contributed by atoms with Gasteiger partial charge in [-0.3, -0.25) is 0 Å². The summed E-state index contributed by atoms with van der Waals surface area (Å²) >= 11 is 1.46. The smallest absolute Gasteiger partial charge is 0.243 e. The quantitative estimate of drug-likeness (QED) is 0.912. The first-order valence-electron chi connectivity index (χ1n) is 6.09. The van der Waals surface area contributed by atoms with Crippen LogP contribution in [-0.4, -0.2) is 24.8 Å². The number of aromatic nitrogens is 1. The largest absolute Gasteiger partial charge is 0.326 e. The van der Waals surface area contributed by atoms with Crippen molar-refractivity contribution in [3.8, 4) is 0 Å². The van der Waals surface area contributed by atoms with Crippen LogP contribution >= 0.6 is 11.3 Å². The van der Waals surface area contributed by atoms with Crippen LogP contribution in [0.1, 0.15) is 16.1 Å². The summed E-state index contributed by atoms with van der Waals surface area (Å²) in [4.78, 5) is 5.36. The van der Waals surface area contributed by atoms with E-state index in [4.69, 9.17) is 5.73 Å². The van der Waals surface area contributed by atoms with Gasteiger partial charge in [0, 0.05) is 25.0 Å². The van der Waals surface area contributed by atoms with Gasteiger partial charge < -0.3 is 5.73 Å². The van der Waals surface area contributed by atoms with Crippen molar-refractivity contribution in [1.29, 1.82) is 0 Å². The fourth-order valence-corrected chi connectivity index (χ4v) is 3.79. The third kappa shape index (κ3) is 3.06. The first-order valence-corrected chi connectivity index (χ1v) is 8.41. The van der Waals surface area contributed by atoms with Gasteiger partial charge in [-0.2, -0.15) is 4.31 Å². The molecule has 2 rings (SSSR count). The van der Waals surface area contributed by atoms with Gasteiger partial charge >= 0.3 is 0 Å². The van der Waals surface area contributed by atoms with Crippen LogP contribution in [0, 0.1) is 6.92 Å². The van der Waals surface area contributed by atoms with Gasteiger partial charge in [0.05, 0.1) is 16.1 Å². The minimum atomic E-state index is -3.49. The molecule has 0 atom stereocenters. The lowest BCUT2D eigenvalue weighted by Crippen LogP contribution is -2.26. The molecule has 5 nitrogen and oxygen atoms in total. The van der Waals surface area contributed by atoms with Crippen LogP contribution in [-0.2, 0) is 23.1 Å². The van der Waals surface area contributed by atoms with Crippen LogP contribution in [0.25, 0.3) is 0 Å². The highest BCUT2D eigenvalue weighted by Gasteiger charge is 2.21. The molecule has 0 aliphatic carbocycles. The van der Waals surface area contributed by atoms with Gasteiger partial charge in [-0.25, -0.2) is 13.4 Å². The molecule has 20 heavy (non-hydrogen) atoms. The summed E-state index contributed by atoms with van der Waals surface area (Å²) in [6.07, 6.45) is 0. The van der Waals surface area contributed by atoms with E-state index in [2.05, 4.69) is 4.98 Å². The third-order valence-corrected chi connectivity index (χ3v) is 5.82. The minimum absolute atomic E-state index is 0.277. The maximum atomic E-state index is 12.4. The zero-order valence-electron chi connectivity index (χ0n) is 11.4. The minimum Gasteiger partial charge on any atom is -0.326 e. The Kier molecular flexibility index (Phi) is 4.54. The Labute approximate surface area is 123 Å². The van der Waals surface area contributed by atoms with Gasteiger partial charge in [0.1, 0.15) is 0 Å². The highest BCUT2D eigenvalue weighted by atomic mass is 32.2. The average Bonchev–Trinajstić information content (AvgIpc) is 2.84. The second-order valence-electron chi connectivity index (χ2n) is 4.47. The summed E-state index contributed by atoms with van der Waals surface area (Å²) in [5, 5.41) is 0. The zero-order chi connectivity index (χ0) is 14.8. The van der Waals surface area contributed by atoms with E-state index in [1.807, 2.05) is 6.92 Å². The lowest BCUT2D eigenvalue weighted by molar-refractivity contribution is 0.468.